The number of aromatic nitrogens is 1. The Morgan fingerprint density at radius 3 is 1.98 bits per heavy atom. The standard InChI is InChI=1S/C31H30Cl2F3N3O4S/c1-43-17-16-39-28-11-6-22(30(20-2-7-23(32)8-3-20)21-4-9-24(33)10-5-21)18-26(28)27(19-29(39)40)37-25-12-14-38(15-13-25)44(41,42)31(34,35)36/h2-11,18-19,25,30,37H,12-17H2,1H3. The largest absolute Gasteiger partial charge is 0.511 e. The van der Waals surface area contributed by atoms with E-state index < -0.39 is 15.5 Å². The fourth-order valence-electron chi connectivity index (χ4n) is 5.61. The van der Waals surface area contributed by atoms with Crippen molar-refractivity contribution in [1.29, 1.82) is 0 Å². The number of rotatable bonds is 9. The number of pyridine rings is 1. The zero-order valence-corrected chi connectivity index (χ0v) is 26.0. The number of nitrogens with zero attached hydrogens (tertiary/aromatic N) is 2. The molecular weight excluding hydrogens is 638 g/mol. The minimum atomic E-state index is -5.40. The van der Waals surface area contributed by atoms with Crippen LogP contribution in [0.5, 0.6) is 0 Å². The predicted octanol–water partition coefficient (Wildman–Crippen LogP) is 6.86. The third-order valence-electron chi connectivity index (χ3n) is 7.84. The molecule has 1 fully saturated rings. The van der Waals surface area contributed by atoms with Crippen LogP contribution in [0.4, 0.5) is 18.9 Å². The summed E-state index contributed by atoms with van der Waals surface area (Å²) in [6, 6.07) is 22.1. The zero-order chi connectivity index (χ0) is 31.6. The first-order valence-corrected chi connectivity index (χ1v) is 16.1. The summed E-state index contributed by atoms with van der Waals surface area (Å²) < 4.78 is 70.4. The van der Waals surface area contributed by atoms with Gasteiger partial charge in [-0.1, -0.05) is 53.5 Å². The van der Waals surface area contributed by atoms with Crippen molar-refractivity contribution in [3.8, 4) is 0 Å². The molecule has 5 rings (SSSR count). The van der Waals surface area contributed by atoms with Crippen molar-refractivity contribution in [3.05, 3.63) is 110 Å². The van der Waals surface area contributed by atoms with E-state index in [0.717, 1.165) is 22.1 Å². The number of benzene rings is 3. The molecule has 1 aromatic heterocycles. The second kappa shape index (κ2) is 13.1. The van der Waals surface area contributed by atoms with Crippen molar-refractivity contribution < 1.29 is 26.3 Å². The van der Waals surface area contributed by atoms with Gasteiger partial charge in [0.1, 0.15) is 0 Å². The van der Waals surface area contributed by atoms with Crippen molar-refractivity contribution in [2.45, 2.75) is 36.9 Å². The van der Waals surface area contributed by atoms with E-state index in [0.29, 0.717) is 38.7 Å². The lowest BCUT2D eigenvalue weighted by atomic mass is 9.84. The smallest absolute Gasteiger partial charge is 0.383 e. The Morgan fingerprint density at radius 2 is 1.45 bits per heavy atom. The number of methoxy groups -OCH3 is 1. The molecule has 1 N–H and O–H groups in total. The number of anilines is 1. The second-order valence-corrected chi connectivity index (χ2v) is 13.4. The molecule has 13 heteroatoms. The molecule has 4 aromatic rings. The quantitative estimate of drug-likeness (QED) is 0.197. The molecule has 1 aliphatic rings. The fourth-order valence-corrected chi connectivity index (χ4v) is 6.85. The van der Waals surface area contributed by atoms with Gasteiger partial charge in [-0.2, -0.15) is 17.5 Å². The van der Waals surface area contributed by atoms with Gasteiger partial charge < -0.3 is 14.6 Å². The first-order valence-electron chi connectivity index (χ1n) is 13.9. The summed E-state index contributed by atoms with van der Waals surface area (Å²) in [6.45, 7) is 0.0520. The van der Waals surface area contributed by atoms with E-state index in [9.17, 15) is 26.4 Å². The van der Waals surface area contributed by atoms with E-state index in [1.165, 1.54) is 6.07 Å². The van der Waals surface area contributed by atoms with Crippen LogP contribution < -0.4 is 10.9 Å². The summed E-state index contributed by atoms with van der Waals surface area (Å²) in [5, 5.41) is 5.27. The molecule has 1 aliphatic heterocycles. The topological polar surface area (TPSA) is 80.6 Å². The van der Waals surface area contributed by atoms with Gasteiger partial charge in [0.15, 0.2) is 0 Å². The maximum atomic E-state index is 13.3. The molecule has 44 heavy (non-hydrogen) atoms. The molecule has 3 aromatic carbocycles. The Hall–Kier alpha value is -3.09. The lowest BCUT2D eigenvalue weighted by Crippen LogP contribution is -2.47. The van der Waals surface area contributed by atoms with Crippen LogP contribution in [0.2, 0.25) is 10.0 Å². The van der Waals surface area contributed by atoms with Crippen LogP contribution in [0, 0.1) is 0 Å². The van der Waals surface area contributed by atoms with E-state index in [1.54, 1.807) is 11.7 Å². The number of nitrogens with one attached hydrogen (secondary N) is 1. The van der Waals surface area contributed by atoms with Crippen LogP contribution in [-0.4, -0.2) is 55.6 Å². The summed E-state index contributed by atoms with van der Waals surface area (Å²) in [4.78, 5) is 13.3. The number of hydrogen-bond donors (Lipinski definition) is 1. The summed E-state index contributed by atoms with van der Waals surface area (Å²) in [7, 11) is -3.85. The van der Waals surface area contributed by atoms with E-state index in [1.807, 2.05) is 66.7 Å². The number of hydrogen-bond acceptors (Lipinski definition) is 5. The van der Waals surface area contributed by atoms with Crippen LogP contribution >= 0.6 is 23.2 Å². The normalized spacial score (nSPS) is 15.2. The number of fused-ring (bicyclic) bond motifs is 1. The molecule has 7 nitrogen and oxygen atoms in total. The van der Waals surface area contributed by atoms with Gasteiger partial charge in [-0.25, -0.2) is 8.42 Å². The first kappa shape index (κ1) is 32.3. The van der Waals surface area contributed by atoms with Gasteiger partial charge in [0, 0.05) is 65.9 Å². The molecule has 0 atom stereocenters. The van der Waals surface area contributed by atoms with Gasteiger partial charge in [0.05, 0.1) is 12.1 Å². The average molecular weight is 669 g/mol. The fraction of sp³-hybridized carbons (Fsp3) is 0.323. The molecule has 234 valence electrons. The lowest BCUT2D eigenvalue weighted by molar-refractivity contribution is -0.0494. The average Bonchev–Trinajstić information content (AvgIpc) is 2.99. The van der Waals surface area contributed by atoms with Crippen molar-refractivity contribution >= 4 is 49.8 Å². The van der Waals surface area contributed by atoms with Gasteiger partial charge >= 0.3 is 15.5 Å². The highest BCUT2D eigenvalue weighted by molar-refractivity contribution is 7.90. The van der Waals surface area contributed by atoms with Crippen LogP contribution in [0.25, 0.3) is 10.9 Å². The van der Waals surface area contributed by atoms with E-state index >= 15 is 0 Å². The molecule has 0 spiro atoms. The highest BCUT2D eigenvalue weighted by Gasteiger charge is 2.50. The number of halogens is 5. The number of sulfonamides is 1. The van der Waals surface area contributed by atoms with E-state index in [2.05, 4.69) is 5.32 Å². The molecule has 0 amide bonds. The number of piperidine rings is 1. The zero-order valence-electron chi connectivity index (χ0n) is 23.7. The SMILES string of the molecule is COCCn1c(=O)cc(NC2CCN(S(=O)(=O)C(F)(F)F)CC2)c2cc(C(c3ccc(Cl)cc3)c3ccc(Cl)cc3)ccc21. The lowest BCUT2D eigenvalue weighted by Gasteiger charge is -2.32. The minimum Gasteiger partial charge on any atom is -0.383 e. The Labute approximate surface area is 263 Å². The Bertz CT molecular complexity index is 1740. The van der Waals surface area contributed by atoms with Crippen LogP contribution in [0.3, 0.4) is 0 Å². The maximum Gasteiger partial charge on any atom is 0.511 e. The maximum absolute atomic E-state index is 13.3. The van der Waals surface area contributed by atoms with Crippen molar-refractivity contribution in [1.82, 2.24) is 8.87 Å². The molecule has 0 bridgehead atoms. The molecule has 0 saturated carbocycles. The third kappa shape index (κ3) is 6.77. The molecule has 0 aliphatic carbocycles. The van der Waals surface area contributed by atoms with Crippen LogP contribution in [-0.2, 0) is 21.3 Å². The summed E-state index contributed by atoms with van der Waals surface area (Å²) >= 11 is 12.4. The van der Waals surface area contributed by atoms with E-state index in [-0.39, 0.29) is 43.5 Å². The molecule has 2 heterocycles. The first-order chi connectivity index (χ1) is 20.9. The molecule has 0 radical (unpaired) electrons. The van der Waals surface area contributed by atoms with E-state index in [4.69, 9.17) is 27.9 Å². The Balaban J connectivity index is 1.56. The second-order valence-electron chi connectivity index (χ2n) is 10.6. The highest BCUT2D eigenvalue weighted by atomic mass is 35.5. The number of alkyl halides is 3. The van der Waals surface area contributed by atoms with Gasteiger partial charge in [0.25, 0.3) is 5.56 Å². The third-order valence-corrected chi connectivity index (χ3v) is 9.97. The van der Waals surface area contributed by atoms with Gasteiger partial charge in [-0.15, -0.1) is 0 Å². The Kier molecular flexibility index (Phi) is 9.62. The van der Waals surface area contributed by atoms with Gasteiger partial charge in [-0.3, -0.25) is 4.79 Å². The van der Waals surface area contributed by atoms with Crippen molar-refractivity contribution in [2.24, 2.45) is 0 Å². The highest BCUT2D eigenvalue weighted by Crippen LogP contribution is 2.37. The summed E-state index contributed by atoms with van der Waals surface area (Å²) in [5.41, 5.74) is -1.56. The van der Waals surface area contributed by atoms with Gasteiger partial charge in [-0.05, 0) is 65.9 Å². The summed E-state index contributed by atoms with van der Waals surface area (Å²) in [6.07, 6.45) is 0.281. The molecular formula is C31H30Cl2F3N3O4S. The summed E-state index contributed by atoms with van der Waals surface area (Å²) in [5.74, 6) is -0.211. The van der Waals surface area contributed by atoms with Crippen molar-refractivity contribution in [3.63, 3.8) is 0 Å². The molecule has 0 unspecified atom stereocenters. The van der Waals surface area contributed by atoms with Crippen LogP contribution in [0.1, 0.15) is 35.4 Å². The van der Waals surface area contributed by atoms with Crippen LogP contribution in [0.15, 0.2) is 77.6 Å². The Morgan fingerprint density at radius 1 is 0.909 bits per heavy atom. The molecule has 1 saturated heterocycles. The van der Waals surface area contributed by atoms with Crippen molar-refractivity contribution in [2.75, 3.05) is 32.1 Å². The minimum absolute atomic E-state index is 0.140. The van der Waals surface area contributed by atoms with Gasteiger partial charge in [0.2, 0.25) is 0 Å². The predicted molar refractivity (Wildman–Crippen MR) is 167 cm³/mol. The monoisotopic (exact) mass is 667 g/mol. The number of ether oxygens (including phenoxy) is 1.